The van der Waals surface area contributed by atoms with Crippen LogP contribution in [0.1, 0.15) is 50.6 Å². The van der Waals surface area contributed by atoms with Gasteiger partial charge in [-0.25, -0.2) is 8.78 Å². The lowest BCUT2D eigenvalue weighted by Gasteiger charge is -2.38. The molecule has 0 spiro atoms. The number of hydrogen-bond acceptors (Lipinski definition) is 3. The molecule has 2 N–H and O–H groups in total. The van der Waals surface area contributed by atoms with E-state index in [-0.39, 0.29) is 30.4 Å². The minimum absolute atomic E-state index is 0. The van der Waals surface area contributed by atoms with Crippen molar-refractivity contribution in [2.75, 3.05) is 26.2 Å². The van der Waals surface area contributed by atoms with Gasteiger partial charge in [0.15, 0.2) is 0 Å². The molecule has 0 bridgehead atoms. The third kappa shape index (κ3) is 5.62. The number of nitrogens with one attached hydrogen (secondary N) is 2. The lowest BCUT2D eigenvalue weighted by molar-refractivity contribution is -0.123. The molecule has 152 valence electrons. The standard InChI is InChI=1S/C20H29F2N3O.ClH/c1-2-19(16-8-7-15(21)11-17(16)22)25-10-4-5-14(13-25)12-24-20(26)18-6-3-9-23-18;/h7-8,11,14,18-19,23H,2-6,9-10,12-13H2,1H3,(H,24,26);1H. The van der Waals surface area contributed by atoms with Crippen molar-refractivity contribution in [1.29, 1.82) is 0 Å². The first-order valence-electron chi connectivity index (χ1n) is 9.78. The van der Waals surface area contributed by atoms with Gasteiger partial charge >= 0.3 is 0 Å². The second kappa shape index (κ2) is 10.3. The average Bonchev–Trinajstić information content (AvgIpc) is 3.17. The smallest absolute Gasteiger partial charge is 0.237 e. The van der Waals surface area contributed by atoms with Crippen molar-refractivity contribution >= 4 is 18.3 Å². The second-order valence-corrected chi connectivity index (χ2v) is 7.49. The maximum atomic E-state index is 14.2. The van der Waals surface area contributed by atoms with E-state index in [2.05, 4.69) is 15.5 Å². The van der Waals surface area contributed by atoms with E-state index < -0.39 is 11.6 Å². The van der Waals surface area contributed by atoms with Gasteiger partial charge in [0.1, 0.15) is 11.6 Å². The van der Waals surface area contributed by atoms with E-state index in [0.29, 0.717) is 18.0 Å². The van der Waals surface area contributed by atoms with Crippen LogP contribution in [0.25, 0.3) is 0 Å². The second-order valence-electron chi connectivity index (χ2n) is 7.49. The molecule has 1 aromatic rings. The highest BCUT2D eigenvalue weighted by Gasteiger charge is 2.29. The summed E-state index contributed by atoms with van der Waals surface area (Å²) in [4.78, 5) is 14.5. The molecule has 3 unspecified atom stereocenters. The van der Waals surface area contributed by atoms with Crippen molar-refractivity contribution in [3.63, 3.8) is 0 Å². The lowest BCUT2D eigenvalue weighted by Crippen LogP contribution is -2.46. The summed E-state index contributed by atoms with van der Waals surface area (Å²) in [6.07, 6.45) is 4.83. The molecule has 3 rings (SSSR count). The first-order chi connectivity index (χ1) is 12.6. The summed E-state index contributed by atoms with van der Waals surface area (Å²) in [6.45, 7) is 5.34. The number of carbonyl (C=O) groups excluding carboxylic acids is 1. The van der Waals surface area contributed by atoms with Crippen molar-refractivity contribution in [3.05, 3.63) is 35.4 Å². The molecule has 7 heteroatoms. The molecule has 27 heavy (non-hydrogen) atoms. The quantitative estimate of drug-likeness (QED) is 0.767. The van der Waals surface area contributed by atoms with E-state index in [1.165, 1.54) is 6.07 Å². The molecule has 1 aromatic carbocycles. The Hall–Kier alpha value is -1.24. The van der Waals surface area contributed by atoms with Gasteiger partial charge in [0.05, 0.1) is 6.04 Å². The van der Waals surface area contributed by atoms with Crippen LogP contribution in [-0.4, -0.2) is 43.0 Å². The molecule has 2 aliphatic heterocycles. The number of halogens is 3. The van der Waals surface area contributed by atoms with Crippen LogP contribution in [0, 0.1) is 17.6 Å². The Kier molecular flexibility index (Phi) is 8.45. The van der Waals surface area contributed by atoms with E-state index in [9.17, 15) is 13.6 Å². The van der Waals surface area contributed by atoms with Gasteiger partial charge in [0.2, 0.25) is 5.91 Å². The summed E-state index contributed by atoms with van der Waals surface area (Å²) < 4.78 is 27.5. The van der Waals surface area contributed by atoms with Crippen molar-refractivity contribution in [1.82, 2.24) is 15.5 Å². The third-order valence-electron chi connectivity index (χ3n) is 5.64. The molecule has 4 nitrogen and oxygen atoms in total. The van der Waals surface area contributed by atoms with Gasteiger partial charge < -0.3 is 10.6 Å². The summed E-state index contributed by atoms with van der Waals surface area (Å²) >= 11 is 0. The fraction of sp³-hybridized carbons (Fsp3) is 0.650. The summed E-state index contributed by atoms with van der Waals surface area (Å²) in [5, 5.41) is 6.30. The third-order valence-corrected chi connectivity index (χ3v) is 5.64. The normalized spacial score (nSPS) is 24.3. The predicted molar refractivity (Wildman–Crippen MR) is 105 cm³/mol. The van der Waals surface area contributed by atoms with Crippen LogP contribution in [0.5, 0.6) is 0 Å². The van der Waals surface area contributed by atoms with E-state index in [1.54, 1.807) is 6.07 Å². The predicted octanol–water partition coefficient (Wildman–Crippen LogP) is 3.42. The molecule has 2 saturated heterocycles. The Labute approximate surface area is 166 Å². The molecule has 2 aliphatic rings. The highest BCUT2D eigenvalue weighted by molar-refractivity contribution is 5.85. The highest BCUT2D eigenvalue weighted by atomic mass is 35.5. The van der Waals surface area contributed by atoms with Crippen molar-refractivity contribution in [2.45, 2.75) is 51.1 Å². The van der Waals surface area contributed by atoms with Crippen molar-refractivity contribution < 1.29 is 13.6 Å². The Morgan fingerprint density at radius 3 is 2.81 bits per heavy atom. The van der Waals surface area contributed by atoms with Gasteiger partial charge in [-0.2, -0.15) is 0 Å². The van der Waals surface area contributed by atoms with E-state index in [0.717, 1.165) is 57.8 Å². The first-order valence-corrected chi connectivity index (χ1v) is 9.78. The largest absolute Gasteiger partial charge is 0.354 e. The Balaban J connectivity index is 0.00000261. The number of nitrogens with zero attached hydrogens (tertiary/aromatic N) is 1. The van der Waals surface area contributed by atoms with Crippen molar-refractivity contribution in [2.24, 2.45) is 5.92 Å². The molecular formula is C20H30ClF2N3O. The van der Waals surface area contributed by atoms with Crippen LogP contribution in [0.3, 0.4) is 0 Å². The zero-order chi connectivity index (χ0) is 18.5. The van der Waals surface area contributed by atoms with Crippen LogP contribution in [0.4, 0.5) is 8.78 Å². The minimum atomic E-state index is -0.541. The number of rotatable bonds is 6. The van der Waals surface area contributed by atoms with E-state index in [4.69, 9.17) is 0 Å². The Bertz CT molecular complexity index is 625. The Morgan fingerprint density at radius 2 is 2.15 bits per heavy atom. The number of amides is 1. The first kappa shape index (κ1) is 22.1. The molecule has 2 fully saturated rings. The molecule has 2 heterocycles. The van der Waals surface area contributed by atoms with Crippen LogP contribution in [-0.2, 0) is 4.79 Å². The lowest BCUT2D eigenvalue weighted by atomic mass is 9.93. The molecule has 0 aromatic heterocycles. The van der Waals surface area contributed by atoms with Gasteiger partial charge in [-0.3, -0.25) is 9.69 Å². The van der Waals surface area contributed by atoms with Crippen LogP contribution < -0.4 is 10.6 Å². The zero-order valence-electron chi connectivity index (χ0n) is 15.8. The zero-order valence-corrected chi connectivity index (χ0v) is 16.7. The maximum absolute atomic E-state index is 14.2. The fourth-order valence-electron chi connectivity index (χ4n) is 4.27. The van der Waals surface area contributed by atoms with Crippen LogP contribution >= 0.6 is 12.4 Å². The number of hydrogen-bond donors (Lipinski definition) is 2. The topological polar surface area (TPSA) is 44.4 Å². The minimum Gasteiger partial charge on any atom is -0.354 e. The Morgan fingerprint density at radius 1 is 1.33 bits per heavy atom. The molecular weight excluding hydrogens is 372 g/mol. The summed E-state index contributed by atoms with van der Waals surface area (Å²) in [6, 6.07) is 3.76. The number of benzene rings is 1. The average molecular weight is 402 g/mol. The number of piperidine rings is 1. The van der Waals surface area contributed by atoms with Gasteiger partial charge in [0, 0.05) is 30.8 Å². The maximum Gasteiger partial charge on any atom is 0.237 e. The number of likely N-dealkylation sites (tertiary alicyclic amines) is 1. The van der Waals surface area contributed by atoms with E-state index >= 15 is 0 Å². The monoisotopic (exact) mass is 401 g/mol. The van der Waals surface area contributed by atoms with E-state index in [1.807, 2.05) is 6.92 Å². The molecule has 1 amide bonds. The van der Waals surface area contributed by atoms with Gasteiger partial charge in [0.25, 0.3) is 0 Å². The summed E-state index contributed by atoms with van der Waals surface area (Å²) in [5.41, 5.74) is 0.564. The van der Waals surface area contributed by atoms with Gasteiger partial charge in [-0.15, -0.1) is 12.4 Å². The van der Waals surface area contributed by atoms with Crippen molar-refractivity contribution in [3.8, 4) is 0 Å². The van der Waals surface area contributed by atoms with Gasteiger partial charge in [-0.05, 0) is 57.2 Å². The molecule has 3 atom stereocenters. The molecule has 0 aliphatic carbocycles. The number of carbonyl (C=O) groups is 1. The van der Waals surface area contributed by atoms with Crippen LogP contribution in [0.2, 0.25) is 0 Å². The summed E-state index contributed by atoms with van der Waals surface area (Å²) in [7, 11) is 0. The van der Waals surface area contributed by atoms with Gasteiger partial charge in [-0.1, -0.05) is 13.0 Å². The SMILES string of the molecule is CCC(c1ccc(F)cc1F)N1CCCC(CNC(=O)C2CCCN2)C1.Cl. The summed E-state index contributed by atoms with van der Waals surface area (Å²) in [5.74, 6) is -0.552. The highest BCUT2D eigenvalue weighted by Crippen LogP contribution is 2.31. The molecule has 0 saturated carbocycles. The molecule has 0 radical (unpaired) electrons. The fourth-order valence-corrected chi connectivity index (χ4v) is 4.27. The van der Waals surface area contributed by atoms with Crippen LogP contribution in [0.15, 0.2) is 18.2 Å².